The molecule has 12 heteroatoms. The maximum absolute atomic E-state index is 12.2. The molecular formula is C14H19N3O9. The second-order valence-electron chi connectivity index (χ2n) is 6.08. The standard InChI is InChI=1S/C14H19N3O9/c1-6(18)11(22)10(5-16-17-15)26-14(25,9(4)21)13(24,8(3)20)12(11,23)7(2)19/h10,22-25H,5H2,1-4H3/t10-,11-,12+,13-,14+/m1/s1. The summed E-state index contributed by atoms with van der Waals surface area (Å²) in [5.74, 6) is -9.32. The number of carbonyl (C=O) groups excluding carboxylic acids is 4. The monoisotopic (exact) mass is 373 g/mol. The number of ether oxygens (including phenoxy) is 1. The quantitative estimate of drug-likeness (QED) is 0.229. The van der Waals surface area contributed by atoms with Gasteiger partial charge in [0.2, 0.25) is 11.2 Å². The van der Waals surface area contributed by atoms with E-state index in [1.165, 1.54) is 0 Å². The molecule has 0 saturated carbocycles. The Hall–Kier alpha value is -2.21. The van der Waals surface area contributed by atoms with Gasteiger partial charge >= 0.3 is 0 Å². The molecule has 0 radical (unpaired) electrons. The van der Waals surface area contributed by atoms with Crippen molar-refractivity contribution in [1.82, 2.24) is 0 Å². The third-order valence-corrected chi connectivity index (χ3v) is 4.69. The van der Waals surface area contributed by atoms with Gasteiger partial charge in [-0.1, -0.05) is 5.11 Å². The van der Waals surface area contributed by atoms with Crippen LogP contribution in [0.25, 0.3) is 10.4 Å². The molecule has 1 rings (SSSR count). The summed E-state index contributed by atoms with van der Waals surface area (Å²) in [6.45, 7) is 1.69. The van der Waals surface area contributed by atoms with Gasteiger partial charge < -0.3 is 25.2 Å². The zero-order valence-electron chi connectivity index (χ0n) is 14.5. The summed E-state index contributed by atoms with van der Waals surface area (Å²) in [4.78, 5) is 50.9. The lowest BCUT2D eigenvalue weighted by atomic mass is 9.57. The van der Waals surface area contributed by atoms with Crippen molar-refractivity contribution in [2.75, 3.05) is 6.54 Å². The lowest BCUT2D eigenvalue weighted by Crippen LogP contribution is -2.90. The number of hydrogen-bond acceptors (Lipinski definition) is 10. The molecular weight excluding hydrogens is 354 g/mol. The molecule has 0 aromatic heterocycles. The number of aliphatic hydroxyl groups is 4. The third kappa shape index (κ3) is 2.31. The zero-order chi connectivity index (χ0) is 20.7. The normalized spacial score (nSPS) is 39.6. The van der Waals surface area contributed by atoms with Gasteiger partial charge in [0.05, 0.1) is 6.54 Å². The van der Waals surface area contributed by atoms with Gasteiger partial charge in [0.1, 0.15) is 6.10 Å². The number of nitrogens with zero attached hydrogens (tertiary/aromatic N) is 3. The minimum Gasteiger partial charge on any atom is -0.376 e. The van der Waals surface area contributed by atoms with Crippen molar-refractivity contribution in [1.29, 1.82) is 0 Å². The van der Waals surface area contributed by atoms with E-state index in [2.05, 4.69) is 10.0 Å². The summed E-state index contributed by atoms with van der Waals surface area (Å²) in [5.41, 5.74) is -2.29. The highest BCUT2D eigenvalue weighted by Crippen LogP contribution is 2.50. The summed E-state index contributed by atoms with van der Waals surface area (Å²) >= 11 is 0. The van der Waals surface area contributed by atoms with E-state index in [0.29, 0.717) is 27.7 Å². The van der Waals surface area contributed by atoms with Crippen molar-refractivity contribution >= 4 is 23.1 Å². The molecule has 0 amide bonds. The van der Waals surface area contributed by atoms with Gasteiger partial charge in [0, 0.05) is 11.8 Å². The number of rotatable bonds is 6. The van der Waals surface area contributed by atoms with Crippen LogP contribution >= 0.6 is 0 Å². The molecule has 0 unspecified atom stereocenters. The minimum atomic E-state index is -3.73. The average Bonchev–Trinajstić information content (AvgIpc) is 2.53. The van der Waals surface area contributed by atoms with Crippen LogP contribution in [0.1, 0.15) is 27.7 Å². The maximum Gasteiger partial charge on any atom is 0.267 e. The molecule has 1 fully saturated rings. The van der Waals surface area contributed by atoms with Crippen molar-refractivity contribution in [3.8, 4) is 0 Å². The van der Waals surface area contributed by atoms with Crippen LogP contribution in [-0.4, -0.2) is 78.8 Å². The van der Waals surface area contributed by atoms with Crippen LogP contribution in [0.3, 0.4) is 0 Å². The Morgan fingerprint density at radius 1 is 0.923 bits per heavy atom. The van der Waals surface area contributed by atoms with Crippen LogP contribution in [0.4, 0.5) is 0 Å². The molecule has 12 nitrogen and oxygen atoms in total. The first-order chi connectivity index (χ1) is 11.7. The van der Waals surface area contributed by atoms with Gasteiger partial charge in [0.25, 0.3) is 5.79 Å². The van der Waals surface area contributed by atoms with Gasteiger partial charge in [0.15, 0.2) is 28.7 Å². The molecule has 0 spiro atoms. The first kappa shape index (κ1) is 21.8. The van der Waals surface area contributed by atoms with Crippen LogP contribution in [0.2, 0.25) is 0 Å². The summed E-state index contributed by atoms with van der Waals surface area (Å²) in [6, 6.07) is 0. The van der Waals surface area contributed by atoms with E-state index in [-0.39, 0.29) is 0 Å². The largest absolute Gasteiger partial charge is 0.376 e. The molecule has 4 N–H and O–H groups in total. The number of Topliss-reactive ketones (excluding diaryl/α,β-unsaturated/α-hetero) is 4. The molecule has 1 saturated heterocycles. The summed E-state index contributed by atoms with van der Waals surface area (Å²) in [6.07, 6.45) is -2.14. The Kier molecular flexibility index (Phi) is 5.46. The highest BCUT2D eigenvalue weighted by atomic mass is 16.7. The van der Waals surface area contributed by atoms with Crippen molar-refractivity contribution in [2.24, 2.45) is 5.11 Å². The lowest BCUT2D eigenvalue weighted by molar-refractivity contribution is -0.386. The molecule has 0 aliphatic carbocycles. The second-order valence-corrected chi connectivity index (χ2v) is 6.08. The molecule has 144 valence electrons. The van der Waals surface area contributed by atoms with Crippen LogP contribution in [-0.2, 0) is 23.9 Å². The van der Waals surface area contributed by atoms with Gasteiger partial charge in [-0.2, -0.15) is 0 Å². The van der Waals surface area contributed by atoms with Gasteiger partial charge in [-0.25, -0.2) is 0 Å². The van der Waals surface area contributed by atoms with Crippen LogP contribution in [0.5, 0.6) is 0 Å². The lowest BCUT2D eigenvalue weighted by Gasteiger charge is -2.59. The molecule has 1 aliphatic rings. The topological polar surface area (TPSA) is 207 Å². The average molecular weight is 373 g/mol. The van der Waals surface area contributed by atoms with Gasteiger partial charge in [-0.15, -0.1) is 0 Å². The Balaban J connectivity index is 4.06. The van der Waals surface area contributed by atoms with E-state index in [1.54, 1.807) is 0 Å². The molecule has 0 aromatic rings. The van der Waals surface area contributed by atoms with E-state index < -0.39 is 58.4 Å². The Morgan fingerprint density at radius 2 is 1.38 bits per heavy atom. The molecule has 1 aliphatic heterocycles. The van der Waals surface area contributed by atoms with E-state index in [9.17, 15) is 39.6 Å². The number of ketones is 4. The third-order valence-electron chi connectivity index (χ3n) is 4.69. The fraction of sp³-hybridized carbons (Fsp3) is 0.714. The minimum absolute atomic E-state index is 0.611. The van der Waals surface area contributed by atoms with E-state index in [1.807, 2.05) is 0 Å². The van der Waals surface area contributed by atoms with Crippen LogP contribution < -0.4 is 0 Å². The van der Waals surface area contributed by atoms with E-state index in [0.717, 1.165) is 0 Å². The Labute approximate surface area is 147 Å². The maximum atomic E-state index is 12.2. The highest BCUT2D eigenvalue weighted by molar-refractivity contribution is 6.08. The van der Waals surface area contributed by atoms with Gasteiger partial charge in [-0.05, 0) is 26.3 Å². The molecule has 1 heterocycles. The number of carbonyl (C=O) groups is 4. The van der Waals surface area contributed by atoms with Crippen molar-refractivity contribution in [3.63, 3.8) is 0 Å². The van der Waals surface area contributed by atoms with Crippen molar-refractivity contribution < 1.29 is 44.3 Å². The second kappa shape index (κ2) is 6.50. The van der Waals surface area contributed by atoms with Crippen LogP contribution in [0, 0.1) is 0 Å². The molecule has 5 atom stereocenters. The summed E-state index contributed by atoms with van der Waals surface area (Å²) in [5, 5.41) is 46.3. The first-order valence-electron chi connectivity index (χ1n) is 7.31. The van der Waals surface area contributed by atoms with E-state index in [4.69, 9.17) is 10.3 Å². The number of hydrogen-bond donors (Lipinski definition) is 4. The highest BCUT2D eigenvalue weighted by Gasteiger charge is 2.83. The van der Waals surface area contributed by atoms with Crippen LogP contribution in [0.15, 0.2) is 5.11 Å². The first-order valence-corrected chi connectivity index (χ1v) is 7.31. The van der Waals surface area contributed by atoms with Gasteiger partial charge in [-0.3, -0.25) is 19.2 Å². The zero-order valence-corrected chi connectivity index (χ0v) is 14.5. The molecule has 26 heavy (non-hydrogen) atoms. The predicted octanol–water partition coefficient (Wildman–Crippen LogP) is -2.07. The summed E-state index contributed by atoms with van der Waals surface area (Å²) in [7, 11) is 0. The summed E-state index contributed by atoms with van der Waals surface area (Å²) < 4.78 is 4.92. The van der Waals surface area contributed by atoms with Crippen molar-refractivity contribution in [2.45, 2.75) is 56.4 Å². The Morgan fingerprint density at radius 3 is 1.69 bits per heavy atom. The SMILES string of the molecule is CC(=O)[C@@]1(O)[C@](O)(C(C)=O)[C@@](O)(C(C)=O)[C@@H](CN=[N+]=[N-])O[C@@]1(O)C(C)=O. The Bertz CT molecular complexity index is 733. The number of azide groups is 1. The predicted molar refractivity (Wildman–Crippen MR) is 81.4 cm³/mol. The van der Waals surface area contributed by atoms with E-state index >= 15 is 0 Å². The fourth-order valence-electron chi connectivity index (χ4n) is 3.25. The molecule has 0 aromatic carbocycles. The van der Waals surface area contributed by atoms with Crippen molar-refractivity contribution in [3.05, 3.63) is 10.4 Å². The fourth-order valence-corrected chi connectivity index (χ4v) is 3.25. The smallest absolute Gasteiger partial charge is 0.267 e. The molecule has 0 bridgehead atoms.